The standard InChI is InChI=1S/C14H11BrN2O5S/c1-8-6-12(13(15)9(2)14(8)18)16-23(21,22)11-5-3-4-10(7-11)17(19)20/h3-7H,1-2H3/b16-12+. The van der Waals surface area contributed by atoms with Crippen molar-refractivity contribution in [1.29, 1.82) is 0 Å². The van der Waals surface area contributed by atoms with E-state index in [2.05, 4.69) is 20.3 Å². The van der Waals surface area contributed by atoms with Crippen LogP contribution in [0.1, 0.15) is 13.8 Å². The van der Waals surface area contributed by atoms with E-state index in [1.165, 1.54) is 24.3 Å². The third-order valence-electron chi connectivity index (χ3n) is 3.15. The molecule has 0 saturated heterocycles. The Hall–Kier alpha value is -2.13. The van der Waals surface area contributed by atoms with E-state index in [1.54, 1.807) is 13.8 Å². The van der Waals surface area contributed by atoms with Gasteiger partial charge in [-0.3, -0.25) is 14.9 Å². The van der Waals surface area contributed by atoms with E-state index < -0.39 is 14.9 Å². The summed E-state index contributed by atoms with van der Waals surface area (Å²) in [7, 11) is -4.15. The molecule has 1 aliphatic rings. The van der Waals surface area contributed by atoms with Crippen molar-refractivity contribution in [2.24, 2.45) is 4.40 Å². The number of hydrogen-bond donors (Lipinski definition) is 0. The number of nitro groups is 1. The number of carbonyl (C=O) groups excluding carboxylic acids is 1. The second-order valence-corrected chi connectivity index (χ2v) is 7.20. The summed E-state index contributed by atoms with van der Waals surface area (Å²) < 4.78 is 28.7. The van der Waals surface area contributed by atoms with Gasteiger partial charge in [0.15, 0.2) is 5.78 Å². The lowest BCUT2D eigenvalue weighted by Gasteiger charge is -2.13. The Kier molecular flexibility index (Phi) is 4.62. The number of carbonyl (C=O) groups is 1. The molecule has 7 nitrogen and oxygen atoms in total. The fraction of sp³-hybridized carbons (Fsp3) is 0.143. The number of ketones is 1. The highest BCUT2D eigenvalue weighted by molar-refractivity contribution is 9.12. The zero-order valence-corrected chi connectivity index (χ0v) is 14.5. The molecule has 0 saturated carbocycles. The maximum absolute atomic E-state index is 12.3. The van der Waals surface area contributed by atoms with E-state index in [1.807, 2.05) is 0 Å². The zero-order chi connectivity index (χ0) is 17.4. The van der Waals surface area contributed by atoms with Gasteiger partial charge in [-0.05, 0) is 47.5 Å². The molecule has 23 heavy (non-hydrogen) atoms. The van der Waals surface area contributed by atoms with Crippen molar-refractivity contribution in [3.05, 3.63) is 56.1 Å². The van der Waals surface area contributed by atoms with Gasteiger partial charge >= 0.3 is 0 Å². The fourth-order valence-corrected chi connectivity index (χ4v) is 3.46. The average Bonchev–Trinajstić information content (AvgIpc) is 2.50. The molecule has 1 aliphatic carbocycles. The van der Waals surface area contributed by atoms with Gasteiger partial charge in [0.1, 0.15) is 0 Å². The highest BCUT2D eigenvalue weighted by Gasteiger charge is 2.24. The highest BCUT2D eigenvalue weighted by Crippen LogP contribution is 2.26. The minimum Gasteiger partial charge on any atom is -0.289 e. The molecule has 1 aromatic rings. The first-order valence-electron chi connectivity index (χ1n) is 6.32. The molecule has 0 aliphatic heterocycles. The third kappa shape index (κ3) is 3.45. The molecule has 120 valence electrons. The number of nitrogens with zero attached hydrogens (tertiary/aromatic N) is 2. The quantitative estimate of drug-likeness (QED) is 0.441. The predicted molar refractivity (Wildman–Crippen MR) is 88.1 cm³/mol. The van der Waals surface area contributed by atoms with E-state index in [9.17, 15) is 23.3 Å². The van der Waals surface area contributed by atoms with Gasteiger partial charge in [-0.15, -0.1) is 0 Å². The number of halogens is 1. The molecule has 0 atom stereocenters. The summed E-state index contributed by atoms with van der Waals surface area (Å²) in [6, 6.07) is 4.62. The molecule has 2 rings (SSSR count). The molecule has 0 bridgehead atoms. The number of nitro benzene ring substituents is 1. The van der Waals surface area contributed by atoms with Crippen LogP contribution in [-0.4, -0.2) is 24.8 Å². The van der Waals surface area contributed by atoms with Crippen LogP contribution in [0.5, 0.6) is 0 Å². The number of Topliss-reactive ketones (excluding diaryl/α,β-unsaturated/α-hetero) is 1. The maximum atomic E-state index is 12.3. The van der Waals surface area contributed by atoms with Crippen LogP contribution in [0.15, 0.2) is 55.3 Å². The first-order chi connectivity index (χ1) is 10.6. The second kappa shape index (κ2) is 6.17. The van der Waals surface area contributed by atoms with Gasteiger partial charge in [-0.1, -0.05) is 6.07 Å². The van der Waals surface area contributed by atoms with Crippen molar-refractivity contribution < 1.29 is 18.1 Å². The van der Waals surface area contributed by atoms with E-state index in [0.29, 0.717) is 11.1 Å². The number of rotatable bonds is 3. The molecule has 1 aromatic carbocycles. The lowest BCUT2D eigenvalue weighted by Crippen LogP contribution is -2.15. The smallest absolute Gasteiger partial charge is 0.283 e. The summed E-state index contributed by atoms with van der Waals surface area (Å²) in [5.41, 5.74) is 0.436. The number of hydrogen-bond acceptors (Lipinski definition) is 5. The normalized spacial score (nSPS) is 17.4. The van der Waals surface area contributed by atoms with Crippen molar-refractivity contribution in [2.75, 3.05) is 0 Å². The molecule has 9 heteroatoms. The Morgan fingerprint density at radius 1 is 1.26 bits per heavy atom. The molecule has 0 amide bonds. The molecular formula is C14H11BrN2O5S. The summed E-state index contributed by atoms with van der Waals surface area (Å²) in [4.78, 5) is 21.6. The fourth-order valence-electron chi connectivity index (χ4n) is 1.93. The largest absolute Gasteiger partial charge is 0.289 e. The van der Waals surface area contributed by atoms with E-state index in [0.717, 1.165) is 6.07 Å². The lowest BCUT2D eigenvalue weighted by molar-refractivity contribution is -0.385. The monoisotopic (exact) mass is 398 g/mol. The van der Waals surface area contributed by atoms with Gasteiger partial charge in [0.2, 0.25) is 0 Å². The zero-order valence-electron chi connectivity index (χ0n) is 12.1. The summed E-state index contributed by atoms with van der Waals surface area (Å²) in [5.74, 6) is -0.205. The van der Waals surface area contributed by atoms with Gasteiger partial charge < -0.3 is 0 Å². The predicted octanol–water partition coefficient (Wildman–Crippen LogP) is 2.92. The third-order valence-corrected chi connectivity index (χ3v) is 5.44. The maximum Gasteiger partial charge on any atom is 0.283 e. The summed E-state index contributed by atoms with van der Waals surface area (Å²) >= 11 is 3.16. The molecule has 0 radical (unpaired) electrons. The van der Waals surface area contributed by atoms with Crippen molar-refractivity contribution in [1.82, 2.24) is 0 Å². The van der Waals surface area contributed by atoms with Gasteiger partial charge in [0, 0.05) is 17.7 Å². The Balaban J connectivity index is 2.55. The second-order valence-electron chi connectivity index (χ2n) is 4.80. The number of sulfonamides is 1. The van der Waals surface area contributed by atoms with Crippen LogP contribution < -0.4 is 0 Å². The SMILES string of the molecule is CC1=C/C(=N\S(=O)(=O)c2cccc([N+](=O)[O-])c2)C(Br)=C(C)C1=O. The number of non-ortho nitro benzene ring substituents is 1. The van der Waals surface area contributed by atoms with Gasteiger partial charge in [0.25, 0.3) is 15.7 Å². The van der Waals surface area contributed by atoms with Crippen molar-refractivity contribution in [3.8, 4) is 0 Å². The van der Waals surface area contributed by atoms with E-state index in [4.69, 9.17) is 0 Å². The highest BCUT2D eigenvalue weighted by atomic mass is 79.9. The van der Waals surface area contributed by atoms with Crippen molar-refractivity contribution in [3.63, 3.8) is 0 Å². The minimum atomic E-state index is -4.15. The van der Waals surface area contributed by atoms with Crippen molar-refractivity contribution in [2.45, 2.75) is 18.7 Å². The average molecular weight is 399 g/mol. The van der Waals surface area contributed by atoms with Crippen LogP contribution in [0.2, 0.25) is 0 Å². The van der Waals surface area contributed by atoms with Crippen LogP contribution in [0, 0.1) is 10.1 Å². The van der Waals surface area contributed by atoms with Gasteiger partial charge in [0.05, 0.1) is 20.0 Å². The molecule has 0 unspecified atom stereocenters. The molecule has 0 N–H and O–H groups in total. The molecule has 0 fully saturated rings. The van der Waals surface area contributed by atoms with Crippen LogP contribution >= 0.6 is 15.9 Å². The van der Waals surface area contributed by atoms with Gasteiger partial charge in [-0.25, -0.2) is 0 Å². The van der Waals surface area contributed by atoms with Crippen molar-refractivity contribution >= 4 is 43.1 Å². The first-order valence-corrected chi connectivity index (χ1v) is 8.56. The Morgan fingerprint density at radius 3 is 2.52 bits per heavy atom. The Morgan fingerprint density at radius 2 is 1.91 bits per heavy atom. The summed E-state index contributed by atoms with van der Waals surface area (Å²) in [6.07, 6.45) is 1.36. The van der Waals surface area contributed by atoms with Crippen LogP contribution in [0.3, 0.4) is 0 Å². The van der Waals surface area contributed by atoms with E-state index >= 15 is 0 Å². The summed E-state index contributed by atoms with van der Waals surface area (Å²) in [5, 5.41) is 10.8. The Labute approximate surface area is 140 Å². The van der Waals surface area contributed by atoms with Crippen LogP contribution in [0.25, 0.3) is 0 Å². The number of allylic oxidation sites excluding steroid dienone is 4. The lowest BCUT2D eigenvalue weighted by atomic mass is 9.98. The minimum absolute atomic E-state index is 0.0751. The Bertz CT molecular complexity index is 913. The molecule has 0 spiro atoms. The molecule has 0 aromatic heterocycles. The van der Waals surface area contributed by atoms with E-state index in [-0.39, 0.29) is 26.6 Å². The first kappa shape index (κ1) is 17.2. The molecule has 0 heterocycles. The topological polar surface area (TPSA) is 107 Å². The summed E-state index contributed by atoms with van der Waals surface area (Å²) in [6.45, 7) is 3.11. The van der Waals surface area contributed by atoms with Gasteiger partial charge in [-0.2, -0.15) is 12.8 Å². The number of benzene rings is 1. The molecular weight excluding hydrogens is 388 g/mol. The van der Waals surface area contributed by atoms with Crippen LogP contribution in [-0.2, 0) is 14.8 Å². The van der Waals surface area contributed by atoms with Crippen LogP contribution in [0.4, 0.5) is 5.69 Å².